The zero-order valence-corrected chi connectivity index (χ0v) is 7.71. The molecule has 0 radical (unpaired) electrons. The van der Waals surface area contributed by atoms with Crippen LogP contribution in [0.3, 0.4) is 0 Å². The van der Waals surface area contributed by atoms with E-state index in [9.17, 15) is 4.79 Å². The zero-order valence-electron chi connectivity index (χ0n) is 7.71. The number of nitrogens with zero attached hydrogens (tertiary/aromatic N) is 1. The Hall–Kier alpha value is -1.26. The number of nitrogens with one attached hydrogen (secondary N) is 1. The molecule has 0 aliphatic heterocycles. The maximum Gasteiger partial charge on any atom is 0.233 e. The van der Waals surface area contributed by atoms with Gasteiger partial charge in [-0.2, -0.15) is 0 Å². The van der Waals surface area contributed by atoms with E-state index in [1.165, 1.54) is 0 Å². The van der Waals surface area contributed by atoms with Crippen molar-refractivity contribution in [2.75, 3.05) is 6.54 Å². The van der Waals surface area contributed by atoms with Gasteiger partial charge in [0.1, 0.15) is 5.41 Å². The molecular formula is C8H15N3O2. The molecule has 74 valence electrons. The maximum atomic E-state index is 11.6. The van der Waals surface area contributed by atoms with Crippen LogP contribution in [0.4, 0.5) is 0 Å². The van der Waals surface area contributed by atoms with Gasteiger partial charge in [0.2, 0.25) is 5.91 Å². The largest absolute Gasteiger partial charge is 0.409 e. The van der Waals surface area contributed by atoms with Gasteiger partial charge in [-0.25, -0.2) is 0 Å². The summed E-state index contributed by atoms with van der Waals surface area (Å²) in [5.74, 6) is -0.0961. The molecule has 1 aliphatic carbocycles. The first-order valence-electron chi connectivity index (χ1n) is 4.43. The lowest BCUT2D eigenvalue weighted by atomic mass is 9.67. The molecule has 4 N–H and O–H groups in total. The van der Waals surface area contributed by atoms with E-state index in [1.807, 2.05) is 6.92 Å². The van der Waals surface area contributed by atoms with Gasteiger partial charge in [-0.1, -0.05) is 11.6 Å². The van der Waals surface area contributed by atoms with Crippen molar-refractivity contribution >= 4 is 11.7 Å². The zero-order chi connectivity index (χ0) is 9.90. The first kappa shape index (κ1) is 9.83. The second-order valence-corrected chi connectivity index (χ2v) is 3.28. The van der Waals surface area contributed by atoms with Crippen molar-refractivity contribution in [2.45, 2.75) is 26.2 Å². The summed E-state index contributed by atoms with van der Waals surface area (Å²) in [7, 11) is 0. The van der Waals surface area contributed by atoms with Crippen molar-refractivity contribution in [3.05, 3.63) is 0 Å². The Labute approximate surface area is 77.0 Å². The van der Waals surface area contributed by atoms with Crippen LogP contribution in [0.1, 0.15) is 26.2 Å². The number of nitrogens with two attached hydrogens (primary N) is 1. The number of amidine groups is 1. The van der Waals surface area contributed by atoms with Crippen molar-refractivity contribution in [2.24, 2.45) is 16.3 Å². The predicted octanol–water partition coefficient (Wildman–Crippen LogP) is 0.0392. The highest BCUT2D eigenvalue weighted by molar-refractivity contribution is 6.07. The topological polar surface area (TPSA) is 87.7 Å². The SMILES string of the molecule is CCNC(=O)C1(/C(N)=N/O)CCC1. The third kappa shape index (κ3) is 1.46. The third-order valence-corrected chi connectivity index (χ3v) is 2.58. The molecule has 0 aromatic heterocycles. The molecule has 1 fully saturated rings. The van der Waals surface area contributed by atoms with E-state index in [0.29, 0.717) is 19.4 Å². The van der Waals surface area contributed by atoms with E-state index < -0.39 is 5.41 Å². The maximum absolute atomic E-state index is 11.6. The fraction of sp³-hybridized carbons (Fsp3) is 0.750. The van der Waals surface area contributed by atoms with Crippen molar-refractivity contribution in [1.82, 2.24) is 5.32 Å². The van der Waals surface area contributed by atoms with Gasteiger partial charge >= 0.3 is 0 Å². The molecule has 1 aliphatic rings. The Morgan fingerprint density at radius 3 is 2.62 bits per heavy atom. The van der Waals surface area contributed by atoms with Crippen molar-refractivity contribution in [3.63, 3.8) is 0 Å². The lowest BCUT2D eigenvalue weighted by Gasteiger charge is -2.38. The number of hydrogen-bond acceptors (Lipinski definition) is 3. The molecule has 0 unspecified atom stereocenters. The Morgan fingerprint density at radius 2 is 2.31 bits per heavy atom. The second kappa shape index (κ2) is 3.64. The van der Waals surface area contributed by atoms with Crippen molar-refractivity contribution < 1.29 is 10.0 Å². The highest BCUT2D eigenvalue weighted by Crippen LogP contribution is 2.41. The van der Waals surface area contributed by atoms with Gasteiger partial charge in [0.05, 0.1) is 0 Å². The van der Waals surface area contributed by atoms with Crippen LogP contribution < -0.4 is 11.1 Å². The predicted molar refractivity (Wildman–Crippen MR) is 48.4 cm³/mol. The summed E-state index contributed by atoms with van der Waals surface area (Å²) in [6.07, 6.45) is 2.30. The minimum atomic E-state index is -0.731. The molecule has 1 amide bonds. The molecule has 5 heteroatoms. The average Bonchev–Trinajstić information content (AvgIpc) is 2.02. The van der Waals surface area contributed by atoms with Crippen LogP contribution in [0.15, 0.2) is 5.16 Å². The van der Waals surface area contributed by atoms with Crippen LogP contribution >= 0.6 is 0 Å². The molecule has 0 aromatic carbocycles. The number of hydrogen-bond donors (Lipinski definition) is 3. The minimum Gasteiger partial charge on any atom is -0.409 e. The van der Waals surface area contributed by atoms with Crippen LogP contribution in [0, 0.1) is 5.41 Å². The van der Waals surface area contributed by atoms with Gasteiger partial charge in [0, 0.05) is 6.54 Å². The molecule has 0 spiro atoms. The molecular weight excluding hydrogens is 170 g/mol. The molecule has 0 aromatic rings. The van der Waals surface area contributed by atoms with Crippen LogP contribution in [0.5, 0.6) is 0 Å². The minimum absolute atomic E-state index is 0.0321. The fourth-order valence-corrected chi connectivity index (χ4v) is 1.56. The normalized spacial score (nSPS) is 20.5. The van der Waals surface area contributed by atoms with Crippen molar-refractivity contribution in [1.29, 1.82) is 0 Å². The van der Waals surface area contributed by atoms with E-state index in [-0.39, 0.29) is 11.7 Å². The molecule has 0 atom stereocenters. The van der Waals surface area contributed by atoms with E-state index in [1.54, 1.807) is 0 Å². The van der Waals surface area contributed by atoms with Gasteiger partial charge in [0.25, 0.3) is 0 Å². The Balaban J connectivity index is 2.75. The number of amides is 1. The lowest BCUT2D eigenvalue weighted by molar-refractivity contribution is -0.130. The van der Waals surface area contributed by atoms with Gasteiger partial charge in [-0.15, -0.1) is 0 Å². The summed E-state index contributed by atoms with van der Waals surface area (Å²) in [6.45, 7) is 2.41. The highest BCUT2D eigenvalue weighted by atomic mass is 16.4. The molecule has 1 saturated carbocycles. The average molecular weight is 185 g/mol. The third-order valence-electron chi connectivity index (χ3n) is 2.58. The second-order valence-electron chi connectivity index (χ2n) is 3.28. The number of oxime groups is 1. The smallest absolute Gasteiger partial charge is 0.233 e. The Bertz CT molecular complexity index is 234. The summed E-state index contributed by atoms with van der Waals surface area (Å²) in [5.41, 5.74) is 4.75. The number of carbonyl (C=O) groups is 1. The van der Waals surface area contributed by atoms with Gasteiger partial charge in [-0.05, 0) is 19.8 Å². The Morgan fingerprint density at radius 1 is 1.69 bits per heavy atom. The molecule has 0 saturated heterocycles. The van der Waals surface area contributed by atoms with Crippen LogP contribution in [0.2, 0.25) is 0 Å². The standard InChI is InChI=1S/C8H15N3O2/c1-2-10-7(12)8(4-3-5-8)6(9)11-13/h13H,2-5H2,1H3,(H2,9,11)(H,10,12). The summed E-state index contributed by atoms with van der Waals surface area (Å²) >= 11 is 0. The first-order chi connectivity index (χ1) is 6.17. The first-order valence-corrected chi connectivity index (χ1v) is 4.43. The summed E-state index contributed by atoms with van der Waals surface area (Å²) in [4.78, 5) is 11.6. The van der Waals surface area contributed by atoms with E-state index in [2.05, 4.69) is 10.5 Å². The van der Waals surface area contributed by atoms with E-state index in [0.717, 1.165) is 6.42 Å². The molecule has 5 nitrogen and oxygen atoms in total. The summed E-state index contributed by atoms with van der Waals surface area (Å²) in [6, 6.07) is 0. The molecule has 1 rings (SSSR count). The van der Waals surface area contributed by atoms with E-state index in [4.69, 9.17) is 10.9 Å². The number of rotatable bonds is 3. The van der Waals surface area contributed by atoms with Crippen LogP contribution in [0.25, 0.3) is 0 Å². The summed E-state index contributed by atoms with van der Waals surface area (Å²) < 4.78 is 0. The quantitative estimate of drug-likeness (QED) is 0.251. The summed E-state index contributed by atoms with van der Waals surface area (Å²) in [5, 5.41) is 14.1. The van der Waals surface area contributed by atoms with Crippen LogP contribution in [-0.4, -0.2) is 23.5 Å². The fourth-order valence-electron chi connectivity index (χ4n) is 1.56. The lowest BCUT2D eigenvalue weighted by Crippen LogP contribution is -2.53. The van der Waals surface area contributed by atoms with Crippen LogP contribution in [-0.2, 0) is 4.79 Å². The number of carbonyl (C=O) groups excluding carboxylic acids is 1. The molecule has 0 bridgehead atoms. The van der Waals surface area contributed by atoms with E-state index >= 15 is 0 Å². The highest BCUT2D eigenvalue weighted by Gasteiger charge is 2.48. The Kier molecular flexibility index (Phi) is 2.75. The monoisotopic (exact) mass is 185 g/mol. The van der Waals surface area contributed by atoms with Crippen molar-refractivity contribution in [3.8, 4) is 0 Å². The van der Waals surface area contributed by atoms with Gasteiger partial charge in [0.15, 0.2) is 5.84 Å². The van der Waals surface area contributed by atoms with Gasteiger partial charge < -0.3 is 16.3 Å². The molecule has 0 heterocycles. The van der Waals surface area contributed by atoms with Gasteiger partial charge in [-0.3, -0.25) is 4.79 Å². The molecule has 13 heavy (non-hydrogen) atoms.